The van der Waals surface area contributed by atoms with E-state index in [1.807, 2.05) is 6.92 Å². The summed E-state index contributed by atoms with van der Waals surface area (Å²) in [5.41, 5.74) is 0.328. The number of carbonyl (C=O) groups is 2. The molecule has 0 aromatic carbocycles. The molecule has 2 amide bonds. The molecule has 27 heteroatoms. The van der Waals surface area contributed by atoms with Crippen molar-refractivity contribution >= 4 is 103 Å². The first-order valence-electron chi connectivity index (χ1n) is 24.7. The van der Waals surface area contributed by atoms with Crippen molar-refractivity contribution in [3.8, 4) is 21.1 Å². The van der Waals surface area contributed by atoms with E-state index in [9.17, 15) is 28.8 Å². The number of hydrogen-bond donors (Lipinski definition) is 3. The first-order valence-corrected chi connectivity index (χ1v) is 28.0. The molecule has 0 spiro atoms. The molecule has 392 valence electrons. The van der Waals surface area contributed by atoms with E-state index in [-0.39, 0.29) is 34.1 Å². The summed E-state index contributed by atoms with van der Waals surface area (Å²) in [6.45, 7) is 11.8. The third-order valence-corrected chi connectivity index (χ3v) is 16.8. The van der Waals surface area contributed by atoms with E-state index in [1.54, 1.807) is 56.4 Å². The first-order chi connectivity index (χ1) is 36.1. The summed E-state index contributed by atoms with van der Waals surface area (Å²) in [6, 6.07) is -1.52. The molecule has 6 atom stereocenters. The van der Waals surface area contributed by atoms with E-state index in [1.165, 1.54) is 88.9 Å². The number of hydrogen-bond acceptors (Lipinski definition) is 18. The molecule has 4 aliphatic rings. The van der Waals surface area contributed by atoms with E-state index in [4.69, 9.17) is 0 Å². The standard InChI is InChI=1S/C24H27N9O3S.C21H21N9O3S.C3H7I/c1-4-5-32-22(35)18-19(30(3)24(32)36)27-12-33(18)13(2)20(34)28-17-11-37-21(29-17)16-7-25-23(26-8-16)31-9-14-6-15(14)10-31;1-10(30-9-24-16-15(30)18(32)27-21(33)28(16)2)17(31)25-14-8-34-19(26-14)13-4-22-20(23-5-13)29-6-11-3-12(11)7-29;1-2-3-4/h7-8,11-15H,4-6,9-10H2,1-3H3,(H,28,34);4-5,8-12H,3,6-7H2,1-2H3,(H,25,31)(H,27,32,33);2-3H2,1H3/t13-,14?,15?;10-,11?,12?;/m00./s1. The summed E-state index contributed by atoms with van der Waals surface area (Å²) < 4.78 is 7.96. The van der Waals surface area contributed by atoms with Gasteiger partial charge in [0.25, 0.3) is 11.1 Å². The minimum absolute atomic E-state index is 0.149. The molecule has 2 aliphatic carbocycles. The number of carbonyl (C=O) groups excluding carboxylic acids is 2. The molecule has 0 radical (unpaired) electrons. The van der Waals surface area contributed by atoms with Crippen LogP contribution in [0.15, 0.2) is 67.4 Å². The van der Waals surface area contributed by atoms with Gasteiger partial charge in [0.1, 0.15) is 33.7 Å². The van der Waals surface area contributed by atoms with Gasteiger partial charge < -0.3 is 29.6 Å². The number of aromatic nitrogens is 14. The molecule has 12 rings (SSSR count). The quantitative estimate of drug-likeness (QED) is 0.104. The maximum atomic E-state index is 13.1. The second kappa shape index (κ2) is 21.3. The second-order valence-electron chi connectivity index (χ2n) is 19.2. The van der Waals surface area contributed by atoms with Crippen LogP contribution >= 0.6 is 45.3 Å². The number of thiazole rings is 2. The largest absolute Gasteiger partial charge is 0.340 e. The average Bonchev–Trinajstić information content (AvgIpc) is 3.90. The normalized spacial score (nSPS) is 18.9. The molecule has 2 saturated carbocycles. The van der Waals surface area contributed by atoms with E-state index >= 15 is 0 Å². The number of nitrogens with zero attached hydrogens (tertiary/aromatic N) is 15. The maximum absolute atomic E-state index is 13.1. The molecular formula is C48H55IN18O6S2. The summed E-state index contributed by atoms with van der Waals surface area (Å²) >= 11 is 5.11. The predicted molar refractivity (Wildman–Crippen MR) is 295 cm³/mol. The molecular weight excluding hydrogens is 1120 g/mol. The van der Waals surface area contributed by atoms with Crippen LogP contribution in [0.2, 0.25) is 0 Å². The molecule has 8 aromatic heterocycles. The number of rotatable bonds is 13. The molecule has 2 aliphatic heterocycles. The van der Waals surface area contributed by atoms with Gasteiger partial charge in [-0.05, 0) is 67.6 Å². The van der Waals surface area contributed by atoms with E-state index in [0.717, 1.165) is 72.9 Å². The highest BCUT2D eigenvalue weighted by Gasteiger charge is 2.46. The lowest BCUT2D eigenvalue weighted by Gasteiger charge is -2.17. The van der Waals surface area contributed by atoms with Gasteiger partial charge >= 0.3 is 11.4 Å². The van der Waals surface area contributed by atoms with Gasteiger partial charge in [0.05, 0.1) is 12.7 Å². The van der Waals surface area contributed by atoms with Gasteiger partial charge in [-0.2, -0.15) is 0 Å². The highest BCUT2D eigenvalue weighted by Crippen LogP contribution is 2.46. The minimum atomic E-state index is -0.761. The maximum Gasteiger partial charge on any atom is 0.332 e. The number of fused-ring (bicyclic) bond motifs is 4. The third kappa shape index (κ3) is 10.4. The van der Waals surface area contributed by atoms with Gasteiger partial charge in [-0.1, -0.05) is 36.4 Å². The number of halogens is 1. The van der Waals surface area contributed by atoms with E-state index < -0.39 is 34.6 Å². The Hall–Kier alpha value is -7.01. The lowest BCUT2D eigenvalue weighted by Crippen LogP contribution is -2.40. The number of aromatic amines is 1. The summed E-state index contributed by atoms with van der Waals surface area (Å²) in [5.74, 6) is 4.79. The second-order valence-corrected chi connectivity index (χ2v) is 22.0. The van der Waals surface area contributed by atoms with Crippen molar-refractivity contribution in [1.82, 2.24) is 67.7 Å². The molecule has 24 nitrogen and oxygen atoms in total. The fraction of sp³-hybridized carbons (Fsp3) is 0.458. The first kappa shape index (κ1) is 51.5. The Morgan fingerprint density at radius 2 is 1.12 bits per heavy atom. The molecule has 0 bridgehead atoms. The van der Waals surface area contributed by atoms with Crippen molar-refractivity contribution in [3.63, 3.8) is 0 Å². The van der Waals surface area contributed by atoms with Gasteiger partial charge in [-0.3, -0.25) is 37.9 Å². The predicted octanol–water partition coefficient (Wildman–Crippen LogP) is 4.70. The minimum Gasteiger partial charge on any atom is -0.340 e. The zero-order chi connectivity index (χ0) is 52.8. The Labute approximate surface area is 449 Å². The van der Waals surface area contributed by atoms with Crippen molar-refractivity contribution in [2.75, 3.05) is 51.0 Å². The van der Waals surface area contributed by atoms with Gasteiger partial charge in [-0.15, -0.1) is 22.7 Å². The number of amides is 2. The number of aryl methyl sites for hydroxylation is 2. The Morgan fingerprint density at radius 1 is 0.680 bits per heavy atom. The van der Waals surface area contributed by atoms with Crippen molar-refractivity contribution in [2.24, 2.45) is 37.8 Å². The van der Waals surface area contributed by atoms with Gasteiger partial charge in [0, 0.05) is 93.5 Å². The molecule has 4 fully saturated rings. The topological polar surface area (TPSA) is 277 Å². The third-order valence-electron chi connectivity index (χ3n) is 13.9. The smallest absolute Gasteiger partial charge is 0.332 e. The zero-order valence-electron chi connectivity index (χ0n) is 42.0. The Bertz CT molecular complexity index is 3650. The van der Waals surface area contributed by atoms with Crippen LogP contribution in [0.25, 0.3) is 43.5 Å². The van der Waals surface area contributed by atoms with Crippen molar-refractivity contribution in [2.45, 2.75) is 72.0 Å². The number of nitrogens with one attached hydrogen (secondary N) is 3. The fourth-order valence-corrected chi connectivity index (χ4v) is 10.9. The van der Waals surface area contributed by atoms with Gasteiger partial charge in [-0.25, -0.2) is 49.5 Å². The monoisotopic (exact) mass is 1170 g/mol. The van der Waals surface area contributed by atoms with Crippen molar-refractivity contribution < 1.29 is 9.59 Å². The highest BCUT2D eigenvalue weighted by molar-refractivity contribution is 14.1. The lowest BCUT2D eigenvalue weighted by atomic mass is 10.3. The number of anilines is 4. The Kier molecular flexibility index (Phi) is 14.6. The van der Waals surface area contributed by atoms with Crippen molar-refractivity contribution in [3.05, 3.63) is 89.9 Å². The van der Waals surface area contributed by atoms with Crippen LogP contribution < -0.4 is 42.9 Å². The number of H-pyrrole nitrogens is 1. The Morgan fingerprint density at radius 3 is 1.56 bits per heavy atom. The van der Waals surface area contributed by atoms with Crippen LogP contribution in [-0.4, -0.2) is 110 Å². The molecule has 2 saturated heterocycles. The molecule has 4 unspecified atom stereocenters. The number of imidazole rings is 2. The Balaban J connectivity index is 0.000000160. The van der Waals surface area contributed by atoms with Crippen LogP contribution in [0.1, 0.15) is 65.5 Å². The van der Waals surface area contributed by atoms with E-state index in [0.29, 0.717) is 34.6 Å². The molecule has 10 heterocycles. The van der Waals surface area contributed by atoms with Crippen LogP contribution in [0.4, 0.5) is 23.5 Å². The summed E-state index contributed by atoms with van der Waals surface area (Å²) in [5, 5.41) is 10.5. The average molecular weight is 1170 g/mol. The summed E-state index contributed by atoms with van der Waals surface area (Å²) in [6.07, 6.45) is 14.4. The molecule has 3 N–H and O–H groups in total. The summed E-state index contributed by atoms with van der Waals surface area (Å²) in [4.78, 5) is 118. The van der Waals surface area contributed by atoms with E-state index in [2.05, 4.69) is 94.8 Å². The van der Waals surface area contributed by atoms with Gasteiger partial charge in [0.15, 0.2) is 22.3 Å². The highest BCUT2D eigenvalue weighted by atomic mass is 127. The van der Waals surface area contributed by atoms with Crippen LogP contribution in [0, 0.1) is 23.7 Å². The number of piperidine rings is 2. The fourth-order valence-electron chi connectivity index (χ4n) is 9.40. The van der Waals surface area contributed by atoms with Crippen molar-refractivity contribution in [1.29, 1.82) is 0 Å². The SMILES string of the molecule is CCCI.CCCn1c(=O)c2c(ncn2[C@@H](C)C(=O)Nc2csc(-c3cnc(N4CC5CC5C4)nc3)n2)n(C)c1=O.C[C@@H](C(=O)Nc1csc(-c2cnc(N3CC4CC4C3)nc2)n1)n1cnc2c1c(=O)[nH]c(=O)n2C. The number of alkyl halides is 1. The zero-order valence-corrected chi connectivity index (χ0v) is 45.8. The molecule has 75 heavy (non-hydrogen) atoms. The van der Waals surface area contributed by atoms with Crippen LogP contribution in [0.5, 0.6) is 0 Å². The van der Waals surface area contributed by atoms with Crippen LogP contribution in [0.3, 0.4) is 0 Å². The molecule has 8 aromatic rings. The lowest BCUT2D eigenvalue weighted by molar-refractivity contribution is -0.119. The van der Waals surface area contributed by atoms with Crippen LogP contribution in [-0.2, 0) is 30.2 Å². The summed E-state index contributed by atoms with van der Waals surface area (Å²) in [7, 11) is 3.07. The van der Waals surface area contributed by atoms with Gasteiger partial charge in [0.2, 0.25) is 23.7 Å².